The number of hydrogen-bond donors (Lipinski definition) is 2. The summed E-state index contributed by atoms with van der Waals surface area (Å²) < 4.78 is 0. The van der Waals surface area contributed by atoms with Gasteiger partial charge >= 0.3 is 0 Å². The van der Waals surface area contributed by atoms with Gasteiger partial charge in [0.25, 0.3) is 0 Å². The Labute approximate surface area is 126 Å². The lowest BCUT2D eigenvalue weighted by atomic mass is 10.0. The number of aromatic amines is 1. The summed E-state index contributed by atoms with van der Waals surface area (Å²) in [4.78, 5) is 6.39. The topological polar surface area (TPSA) is 56.8 Å². The maximum atomic E-state index is 4.18. The summed E-state index contributed by atoms with van der Waals surface area (Å²) in [6.45, 7) is 6.33. The number of pyridine rings is 1. The number of H-pyrrole nitrogens is 1. The van der Waals surface area contributed by atoms with E-state index in [9.17, 15) is 0 Å². The van der Waals surface area contributed by atoms with E-state index in [2.05, 4.69) is 53.3 Å². The highest BCUT2D eigenvalue weighted by Crippen LogP contribution is 2.20. The molecule has 0 spiro atoms. The molecule has 0 aromatic carbocycles. The molecule has 0 saturated heterocycles. The number of hydrogen-bond acceptors (Lipinski definition) is 4. The minimum Gasteiger partial charge on any atom is -0.308 e. The van der Waals surface area contributed by atoms with Crippen LogP contribution in [0.2, 0.25) is 0 Å². The van der Waals surface area contributed by atoms with Crippen molar-refractivity contribution in [3.05, 3.63) is 36.3 Å². The summed E-state index contributed by atoms with van der Waals surface area (Å²) in [6.07, 6.45) is 5.53. The second-order valence-electron chi connectivity index (χ2n) is 6.01. The second-order valence-corrected chi connectivity index (χ2v) is 6.01. The van der Waals surface area contributed by atoms with E-state index in [1.807, 2.05) is 24.5 Å². The molecule has 2 N–H and O–H groups in total. The summed E-state index contributed by atoms with van der Waals surface area (Å²) in [7, 11) is 4.21. The van der Waals surface area contributed by atoms with Gasteiger partial charge in [-0.1, -0.05) is 13.8 Å². The fraction of sp³-hybridized carbons (Fsp3) is 0.500. The van der Waals surface area contributed by atoms with Crippen LogP contribution in [0.3, 0.4) is 0 Å². The van der Waals surface area contributed by atoms with Crippen molar-refractivity contribution in [3.63, 3.8) is 0 Å². The van der Waals surface area contributed by atoms with Gasteiger partial charge in [0, 0.05) is 42.7 Å². The Kier molecular flexibility index (Phi) is 5.47. The number of likely N-dealkylation sites (N-methyl/N-ethyl adjacent to an activating group) is 1. The smallest absolute Gasteiger partial charge is 0.0710 e. The van der Waals surface area contributed by atoms with Crippen LogP contribution in [0.5, 0.6) is 0 Å². The lowest BCUT2D eigenvalue weighted by Crippen LogP contribution is -2.41. The standard InChI is InChI=1S/C16H25N5/c1-12(2)15(11-21(3)4)18-9-14-10-19-20-16(14)13-6-5-7-17-8-13/h5-8,10,12,15,18H,9,11H2,1-4H3,(H,19,20). The molecular formula is C16H25N5. The average Bonchev–Trinajstić information content (AvgIpc) is 2.92. The Morgan fingerprint density at radius 1 is 1.29 bits per heavy atom. The molecule has 0 aliphatic heterocycles. The molecule has 2 aromatic heterocycles. The molecule has 0 amide bonds. The van der Waals surface area contributed by atoms with E-state index in [4.69, 9.17) is 0 Å². The van der Waals surface area contributed by atoms with Crippen LogP contribution >= 0.6 is 0 Å². The Morgan fingerprint density at radius 3 is 2.71 bits per heavy atom. The van der Waals surface area contributed by atoms with E-state index >= 15 is 0 Å². The monoisotopic (exact) mass is 287 g/mol. The molecule has 0 aliphatic carbocycles. The first-order valence-corrected chi connectivity index (χ1v) is 7.38. The van der Waals surface area contributed by atoms with Gasteiger partial charge in [-0.3, -0.25) is 10.1 Å². The van der Waals surface area contributed by atoms with Crippen LogP contribution in [0.25, 0.3) is 11.3 Å². The van der Waals surface area contributed by atoms with Gasteiger partial charge in [0.15, 0.2) is 0 Å². The predicted octanol–water partition coefficient (Wildman–Crippen LogP) is 2.15. The molecule has 5 nitrogen and oxygen atoms in total. The molecule has 1 atom stereocenters. The van der Waals surface area contributed by atoms with Gasteiger partial charge < -0.3 is 10.2 Å². The van der Waals surface area contributed by atoms with Crippen LogP contribution in [-0.2, 0) is 6.54 Å². The SMILES string of the molecule is CC(C)C(CN(C)C)NCc1cn[nH]c1-c1cccnc1. The van der Waals surface area contributed by atoms with Crippen molar-refractivity contribution in [3.8, 4) is 11.3 Å². The molecule has 114 valence electrons. The van der Waals surface area contributed by atoms with Crippen LogP contribution in [0.4, 0.5) is 0 Å². The Hall–Kier alpha value is -1.72. The third-order valence-electron chi connectivity index (χ3n) is 3.59. The van der Waals surface area contributed by atoms with Crippen molar-refractivity contribution in [2.45, 2.75) is 26.4 Å². The highest BCUT2D eigenvalue weighted by molar-refractivity contribution is 5.61. The van der Waals surface area contributed by atoms with E-state index < -0.39 is 0 Å². The van der Waals surface area contributed by atoms with Crippen LogP contribution < -0.4 is 5.32 Å². The quantitative estimate of drug-likeness (QED) is 0.819. The van der Waals surface area contributed by atoms with Gasteiger partial charge in [-0.05, 0) is 32.1 Å². The zero-order valence-corrected chi connectivity index (χ0v) is 13.3. The van der Waals surface area contributed by atoms with Crippen LogP contribution in [0.1, 0.15) is 19.4 Å². The molecular weight excluding hydrogens is 262 g/mol. The van der Waals surface area contributed by atoms with E-state index in [1.54, 1.807) is 6.20 Å². The van der Waals surface area contributed by atoms with Crippen molar-refractivity contribution in [1.29, 1.82) is 0 Å². The molecule has 0 bridgehead atoms. The molecule has 0 saturated carbocycles. The van der Waals surface area contributed by atoms with Gasteiger partial charge in [0.1, 0.15) is 0 Å². The molecule has 2 rings (SSSR count). The minimum atomic E-state index is 0.455. The fourth-order valence-corrected chi connectivity index (χ4v) is 2.35. The predicted molar refractivity (Wildman–Crippen MR) is 85.8 cm³/mol. The number of aromatic nitrogens is 3. The summed E-state index contributed by atoms with van der Waals surface area (Å²) in [5.74, 6) is 0.584. The molecule has 1 unspecified atom stereocenters. The third kappa shape index (κ3) is 4.37. The zero-order valence-electron chi connectivity index (χ0n) is 13.3. The average molecular weight is 287 g/mol. The summed E-state index contributed by atoms with van der Waals surface area (Å²) in [6, 6.07) is 4.44. The van der Waals surface area contributed by atoms with Gasteiger partial charge in [-0.25, -0.2) is 0 Å². The molecule has 0 aliphatic rings. The molecule has 21 heavy (non-hydrogen) atoms. The fourth-order valence-electron chi connectivity index (χ4n) is 2.35. The van der Waals surface area contributed by atoms with Crippen molar-refractivity contribution >= 4 is 0 Å². The first-order chi connectivity index (χ1) is 10.1. The summed E-state index contributed by atoms with van der Waals surface area (Å²) in [5.41, 5.74) is 3.29. The Balaban J connectivity index is 2.05. The Bertz CT molecular complexity index is 533. The van der Waals surface area contributed by atoms with E-state index in [0.717, 1.165) is 24.3 Å². The van der Waals surface area contributed by atoms with E-state index in [0.29, 0.717) is 12.0 Å². The third-order valence-corrected chi connectivity index (χ3v) is 3.59. The van der Waals surface area contributed by atoms with Gasteiger partial charge in [0.2, 0.25) is 0 Å². The van der Waals surface area contributed by atoms with Crippen molar-refractivity contribution < 1.29 is 0 Å². The summed E-state index contributed by atoms with van der Waals surface area (Å²) in [5, 5.41) is 10.9. The first kappa shape index (κ1) is 15.7. The largest absolute Gasteiger partial charge is 0.308 e. The highest BCUT2D eigenvalue weighted by atomic mass is 15.1. The maximum absolute atomic E-state index is 4.18. The highest BCUT2D eigenvalue weighted by Gasteiger charge is 2.15. The zero-order chi connectivity index (χ0) is 15.2. The van der Waals surface area contributed by atoms with Crippen molar-refractivity contribution in [2.24, 2.45) is 5.92 Å². The van der Waals surface area contributed by atoms with Crippen molar-refractivity contribution in [2.75, 3.05) is 20.6 Å². The normalized spacial score (nSPS) is 13.0. The minimum absolute atomic E-state index is 0.455. The molecule has 0 radical (unpaired) electrons. The van der Waals surface area contributed by atoms with Crippen LogP contribution in [0, 0.1) is 5.92 Å². The van der Waals surface area contributed by atoms with Gasteiger partial charge in [-0.15, -0.1) is 0 Å². The number of nitrogens with one attached hydrogen (secondary N) is 2. The van der Waals surface area contributed by atoms with E-state index in [-0.39, 0.29) is 0 Å². The second kappa shape index (κ2) is 7.33. The lowest BCUT2D eigenvalue weighted by Gasteiger charge is -2.25. The molecule has 2 heterocycles. The van der Waals surface area contributed by atoms with Crippen LogP contribution in [-0.4, -0.2) is 46.8 Å². The van der Waals surface area contributed by atoms with E-state index in [1.165, 1.54) is 5.56 Å². The van der Waals surface area contributed by atoms with Gasteiger partial charge in [-0.2, -0.15) is 5.10 Å². The molecule has 2 aromatic rings. The van der Waals surface area contributed by atoms with Crippen LogP contribution in [0.15, 0.2) is 30.7 Å². The first-order valence-electron chi connectivity index (χ1n) is 7.38. The molecule has 0 fully saturated rings. The lowest BCUT2D eigenvalue weighted by molar-refractivity contribution is 0.288. The maximum Gasteiger partial charge on any atom is 0.0710 e. The number of rotatable bonds is 7. The number of nitrogens with zero attached hydrogens (tertiary/aromatic N) is 3. The molecule has 5 heteroatoms. The Morgan fingerprint density at radius 2 is 2.10 bits per heavy atom. The van der Waals surface area contributed by atoms with Gasteiger partial charge in [0.05, 0.1) is 11.9 Å². The summed E-state index contributed by atoms with van der Waals surface area (Å²) >= 11 is 0. The van der Waals surface area contributed by atoms with Crippen molar-refractivity contribution in [1.82, 2.24) is 25.4 Å².